The molecule has 0 fully saturated rings. The number of nitrogens with two attached hydrogens (primary N) is 1. The summed E-state index contributed by atoms with van der Waals surface area (Å²) in [6, 6.07) is 12.2. The first-order valence-corrected chi connectivity index (χ1v) is 9.75. The van der Waals surface area contributed by atoms with Crippen molar-refractivity contribution in [2.75, 3.05) is 11.1 Å². The Morgan fingerprint density at radius 1 is 1.10 bits per heavy atom. The van der Waals surface area contributed by atoms with Crippen LogP contribution in [0.2, 0.25) is 10.0 Å². The first-order chi connectivity index (χ1) is 14.9. The topological polar surface area (TPSA) is 107 Å². The number of halogens is 3. The van der Waals surface area contributed by atoms with Gasteiger partial charge in [0.05, 0.1) is 17.7 Å². The number of nitrogens with zero attached hydrogens (tertiary/aromatic N) is 3. The molecule has 2 aromatic carbocycles. The molecule has 0 aliphatic rings. The first kappa shape index (κ1) is 20.8. The lowest BCUT2D eigenvalue weighted by Gasteiger charge is -2.08. The van der Waals surface area contributed by atoms with Gasteiger partial charge in [-0.1, -0.05) is 34.4 Å². The van der Waals surface area contributed by atoms with Crippen molar-refractivity contribution in [3.05, 3.63) is 76.2 Å². The smallest absolute Gasteiger partial charge is 0.241 e. The number of nitrogen functional groups attached to an aromatic ring is 1. The zero-order valence-corrected chi connectivity index (χ0v) is 17.3. The molecule has 0 saturated carbocycles. The van der Waals surface area contributed by atoms with Gasteiger partial charge in [-0.05, 0) is 48.0 Å². The summed E-state index contributed by atoms with van der Waals surface area (Å²) in [5.41, 5.74) is 7.86. The Hall–Kier alpha value is -3.49. The van der Waals surface area contributed by atoms with Crippen LogP contribution >= 0.6 is 23.2 Å². The molecule has 0 bridgehead atoms. The zero-order chi connectivity index (χ0) is 22.0. The average molecular weight is 458 g/mol. The molecule has 2 aromatic heterocycles. The number of aromatic nitrogens is 3. The highest BCUT2D eigenvalue weighted by Gasteiger charge is 2.23. The van der Waals surface area contributed by atoms with Gasteiger partial charge >= 0.3 is 0 Å². The van der Waals surface area contributed by atoms with E-state index in [1.54, 1.807) is 24.3 Å². The van der Waals surface area contributed by atoms with Crippen LogP contribution in [-0.4, -0.2) is 21.0 Å². The summed E-state index contributed by atoms with van der Waals surface area (Å²) in [7, 11) is 0. The molecule has 4 aromatic rings. The Kier molecular flexibility index (Phi) is 5.83. The fourth-order valence-corrected chi connectivity index (χ4v) is 3.49. The van der Waals surface area contributed by atoms with Gasteiger partial charge in [0.15, 0.2) is 0 Å². The van der Waals surface area contributed by atoms with Crippen LogP contribution in [-0.2, 0) is 11.2 Å². The van der Waals surface area contributed by atoms with E-state index in [4.69, 9.17) is 33.5 Å². The van der Waals surface area contributed by atoms with Gasteiger partial charge in [-0.3, -0.25) is 10.1 Å². The Morgan fingerprint density at radius 3 is 2.48 bits per heavy atom. The van der Waals surface area contributed by atoms with E-state index in [9.17, 15) is 9.18 Å². The molecule has 0 radical (unpaired) electrons. The second-order valence-corrected chi connectivity index (χ2v) is 7.28. The Labute approximate surface area is 186 Å². The molecule has 1 amide bonds. The van der Waals surface area contributed by atoms with Gasteiger partial charge in [-0.15, -0.1) is 0 Å². The van der Waals surface area contributed by atoms with Gasteiger partial charge in [0.1, 0.15) is 11.5 Å². The third kappa shape index (κ3) is 4.50. The summed E-state index contributed by atoms with van der Waals surface area (Å²) < 4.78 is 18.8. The van der Waals surface area contributed by atoms with E-state index in [0.29, 0.717) is 38.1 Å². The maximum Gasteiger partial charge on any atom is 0.241 e. The number of hydrogen-bond donors (Lipinski definition) is 2. The lowest BCUT2D eigenvalue weighted by atomic mass is 10.0. The third-order valence-electron chi connectivity index (χ3n) is 4.39. The minimum Gasteiger partial charge on any atom is -0.368 e. The molecular formula is C21H14Cl2FN5O2. The highest BCUT2D eigenvalue weighted by atomic mass is 35.5. The summed E-state index contributed by atoms with van der Waals surface area (Å²) in [5.74, 6) is -0.750. The lowest BCUT2D eigenvalue weighted by Crippen LogP contribution is -2.15. The van der Waals surface area contributed by atoms with Crippen molar-refractivity contribution in [2.24, 2.45) is 0 Å². The molecule has 0 atom stereocenters. The maximum atomic E-state index is 13.4. The summed E-state index contributed by atoms with van der Waals surface area (Å²) in [5, 5.41) is 7.47. The van der Waals surface area contributed by atoms with Crippen LogP contribution in [0.4, 0.5) is 16.2 Å². The van der Waals surface area contributed by atoms with Crippen LogP contribution in [0.15, 0.2) is 59.3 Å². The highest BCUT2D eigenvalue weighted by molar-refractivity contribution is 6.36. The minimum atomic E-state index is -0.430. The van der Waals surface area contributed by atoms with Crippen LogP contribution in [0.1, 0.15) is 5.56 Å². The molecule has 0 spiro atoms. The SMILES string of the molecule is Nc1nccc(-c2c(-c3ccc(F)cc3)noc2NC(=O)Cc2c(Cl)cccc2Cl)n1. The monoisotopic (exact) mass is 457 g/mol. The molecule has 156 valence electrons. The molecule has 4 rings (SSSR count). The van der Waals surface area contributed by atoms with E-state index in [1.165, 1.54) is 30.5 Å². The van der Waals surface area contributed by atoms with Crippen molar-refractivity contribution in [3.8, 4) is 22.5 Å². The van der Waals surface area contributed by atoms with Crippen molar-refractivity contribution in [2.45, 2.75) is 6.42 Å². The van der Waals surface area contributed by atoms with Crippen molar-refractivity contribution >= 4 is 40.9 Å². The number of anilines is 2. The molecule has 0 aliphatic heterocycles. The summed E-state index contributed by atoms with van der Waals surface area (Å²) in [6.45, 7) is 0. The van der Waals surface area contributed by atoms with E-state index >= 15 is 0 Å². The summed E-state index contributed by atoms with van der Waals surface area (Å²) in [6.07, 6.45) is 1.38. The van der Waals surface area contributed by atoms with E-state index in [0.717, 1.165) is 0 Å². The van der Waals surface area contributed by atoms with Crippen molar-refractivity contribution in [1.82, 2.24) is 15.1 Å². The second kappa shape index (κ2) is 8.71. The molecule has 7 nitrogen and oxygen atoms in total. The third-order valence-corrected chi connectivity index (χ3v) is 5.10. The van der Waals surface area contributed by atoms with E-state index < -0.39 is 11.7 Å². The molecule has 2 heterocycles. The normalized spacial score (nSPS) is 10.8. The number of benzene rings is 2. The second-order valence-electron chi connectivity index (χ2n) is 6.47. The number of rotatable bonds is 5. The highest BCUT2D eigenvalue weighted by Crippen LogP contribution is 2.37. The molecule has 10 heteroatoms. The average Bonchev–Trinajstić information content (AvgIpc) is 3.15. The number of hydrogen-bond acceptors (Lipinski definition) is 6. The predicted octanol–water partition coefficient (Wildman–Crippen LogP) is 5.01. The molecule has 0 saturated heterocycles. The maximum absolute atomic E-state index is 13.4. The van der Waals surface area contributed by atoms with E-state index in [-0.39, 0.29) is 18.3 Å². The predicted molar refractivity (Wildman–Crippen MR) is 116 cm³/mol. The molecule has 0 aliphatic carbocycles. The van der Waals surface area contributed by atoms with Crippen LogP contribution < -0.4 is 11.1 Å². The van der Waals surface area contributed by atoms with Gasteiger partial charge in [-0.25, -0.2) is 14.4 Å². The van der Waals surface area contributed by atoms with Gasteiger partial charge in [0, 0.05) is 21.8 Å². The van der Waals surface area contributed by atoms with Crippen LogP contribution in [0.3, 0.4) is 0 Å². The standard InChI is InChI=1S/C21H14Cl2FN5O2/c22-14-2-1-3-15(23)13(14)10-17(30)28-20-18(16-8-9-26-21(25)27-16)19(29-31-20)11-4-6-12(24)7-5-11/h1-9H,10H2,(H,28,30)(H2,25,26,27). The number of carbonyl (C=O) groups is 1. The van der Waals surface area contributed by atoms with Gasteiger partial charge in [0.25, 0.3) is 0 Å². The van der Waals surface area contributed by atoms with E-state index in [1.807, 2.05) is 0 Å². The van der Waals surface area contributed by atoms with Crippen LogP contribution in [0.25, 0.3) is 22.5 Å². The minimum absolute atomic E-state index is 0.0314. The van der Waals surface area contributed by atoms with Crippen LogP contribution in [0, 0.1) is 5.82 Å². The van der Waals surface area contributed by atoms with Gasteiger partial charge in [-0.2, -0.15) is 0 Å². The van der Waals surface area contributed by atoms with Gasteiger partial charge < -0.3 is 10.3 Å². The fourth-order valence-electron chi connectivity index (χ4n) is 2.96. The zero-order valence-electron chi connectivity index (χ0n) is 15.8. The Bertz CT molecular complexity index is 1240. The molecule has 0 unspecified atom stereocenters. The van der Waals surface area contributed by atoms with Crippen molar-refractivity contribution in [3.63, 3.8) is 0 Å². The summed E-state index contributed by atoms with van der Waals surface area (Å²) >= 11 is 12.3. The van der Waals surface area contributed by atoms with Crippen LogP contribution in [0.5, 0.6) is 0 Å². The Balaban J connectivity index is 1.72. The largest absolute Gasteiger partial charge is 0.368 e. The molecule has 3 N–H and O–H groups in total. The van der Waals surface area contributed by atoms with E-state index in [2.05, 4.69) is 20.4 Å². The number of amides is 1. The van der Waals surface area contributed by atoms with Crippen molar-refractivity contribution < 1.29 is 13.7 Å². The lowest BCUT2D eigenvalue weighted by molar-refractivity contribution is -0.115. The van der Waals surface area contributed by atoms with Gasteiger partial charge in [0.2, 0.25) is 17.7 Å². The Morgan fingerprint density at radius 2 is 1.81 bits per heavy atom. The number of nitrogens with one attached hydrogen (secondary N) is 1. The van der Waals surface area contributed by atoms with Crippen molar-refractivity contribution in [1.29, 1.82) is 0 Å². The number of carbonyl (C=O) groups excluding carboxylic acids is 1. The fraction of sp³-hybridized carbons (Fsp3) is 0.0476. The molecule has 31 heavy (non-hydrogen) atoms. The summed E-state index contributed by atoms with van der Waals surface area (Å²) in [4.78, 5) is 20.8. The molecular weight excluding hydrogens is 444 g/mol. The quantitative estimate of drug-likeness (QED) is 0.436. The first-order valence-electron chi connectivity index (χ1n) is 8.99.